The van der Waals surface area contributed by atoms with Gasteiger partial charge in [0.25, 0.3) is 0 Å². The monoisotopic (exact) mass is 280 g/mol. The smallest absolute Gasteiger partial charge is 0.0894 e. The van der Waals surface area contributed by atoms with Gasteiger partial charge in [-0.25, -0.2) is 0 Å². The maximum atomic E-state index is 11.6. The number of rotatable bonds is 9. The van der Waals surface area contributed by atoms with Gasteiger partial charge < -0.3 is 5.11 Å². The molecular weight excluding hydrogens is 246 g/mol. The Morgan fingerprint density at radius 3 is 1.95 bits per heavy atom. The van der Waals surface area contributed by atoms with Gasteiger partial charge in [0.15, 0.2) is 0 Å². The zero-order valence-corrected chi connectivity index (χ0v) is 12.2. The first kappa shape index (κ1) is 23.6. The van der Waals surface area contributed by atoms with E-state index in [4.69, 9.17) is 5.11 Å². The number of hydrogen-bond acceptors (Lipinski definition) is 1. The molecule has 0 aromatic rings. The highest BCUT2D eigenvalue weighted by Crippen LogP contribution is 2.11. The largest absolute Gasteiger partial charge is 0.393 e. The van der Waals surface area contributed by atoms with Crippen molar-refractivity contribution in [3.63, 3.8) is 0 Å². The van der Waals surface area contributed by atoms with Crippen LogP contribution in [0, 0.1) is 5.92 Å². The van der Waals surface area contributed by atoms with Crippen LogP contribution in [0.15, 0.2) is 12.2 Å². The minimum absolute atomic E-state index is 0. The van der Waals surface area contributed by atoms with Gasteiger partial charge in [-0.05, 0) is 51.9 Å². The van der Waals surface area contributed by atoms with Crippen molar-refractivity contribution in [2.75, 3.05) is 13.3 Å². The molecule has 2 atom stereocenters. The van der Waals surface area contributed by atoms with E-state index >= 15 is 0 Å². The fourth-order valence-corrected chi connectivity index (χ4v) is 1.33. The van der Waals surface area contributed by atoms with Gasteiger partial charge in [0.05, 0.1) is 19.5 Å². The molecule has 19 heavy (non-hydrogen) atoms. The van der Waals surface area contributed by atoms with Crippen molar-refractivity contribution in [1.82, 2.24) is 0 Å². The topological polar surface area (TPSA) is 20.2 Å². The molecule has 0 aliphatic heterocycles. The second kappa shape index (κ2) is 19.9. The first-order valence-electron chi connectivity index (χ1n) is 7.01. The van der Waals surface area contributed by atoms with Crippen molar-refractivity contribution < 1.29 is 13.9 Å². The highest BCUT2D eigenvalue weighted by molar-refractivity contribution is 4.75. The van der Waals surface area contributed by atoms with E-state index in [1.54, 1.807) is 6.92 Å². The van der Waals surface area contributed by atoms with Crippen molar-refractivity contribution in [3.8, 4) is 0 Å². The molecule has 0 fully saturated rings. The Kier molecular flexibility index (Phi) is 24.7. The lowest BCUT2D eigenvalue weighted by atomic mass is 9.99. The molecule has 118 valence electrons. The molecule has 1 N–H and O–H groups in total. The van der Waals surface area contributed by atoms with Crippen LogP contribution in [0.1, 0.15) is 66.7 Å². The van der Waals surface area contributed by atoms with E-state index in [0.717, 1.165) is 25.7 Å². The summed E-state index contributed by atoms with van der Waals surface area (Å²) in [4.78, 5) is 0. The van der Waals surface area contributed by atoms with Crippen LogP contribution in [0.25, 0.3) is 0 Å². The quantitative estimate of drug-likeness (QED) is 0.438. The molecule has 0 rings (SSSR count). The summed E-state index contributed by atoms with van der Waals surface area (Å²) < 4.78 is 23.0. The maximum Gasteiger partial charge on any atom is 0.0894 e. The number of alkyl halides is 2. The first-order valence-corrected chi connectivity index (χ1v) is 7.01. The highest BCUT2D eigenvalue weighted by Gasteiger charge is 2.06. The summed E-state index contributed by atoms with van der Waals surface area (Å²) >= 11 is 0. The second-order valence-corrected chi connectivity index (χ2v) is 4.66. The van der Waals surface area contributed by atoms with Crippen LogP contribution < -0.4 is 0 Å². The van der Waals surface area contributed by atoms with Crippen molar-refractivity contribution in [3.05, 3.63) is 12.2 Å². The third kappa shape index (κ3) is 23.1. The number of halogens is 2. The van der Waals surface area contributed by atoms with Crippen molar-refractivity contribution in [1.29, 1.82) is 0 Å². The third-order valence-corrected chi connectivity index (χ3v) is 2.86. The van der Waals surface area contributed by atoms with Gasteiger partial charge in [0.2, 0.25) is 0 Å². The average molecular weight is 280 g/mol. The van der Waals surface area contributed by atoms with Crippen LogP contribution in [0.5, 0.6) is 0 Å². The number of aliphatic hydroxyl groups is 1. The molecule has 0 aromatic heterocycles. The SMILES string of the molecule is C.C/C=C/CCCCF.CC(O)C(C)CCCCF. The summed E-state index contributed by atoms with van der Waals surface area (Å²) in [6, 6.07) is 0. The predicted molar refractivity (Wildman–Crippen MR) is 82.0 cm³/mol. The van der Waals surface area contributed by atoms with E-state index in [1.165, 1.54) is 0 Å². The lowest BCUT2D eigenvalue weighted by molar-refractivity contribution is 0.128. The van der Waals surface area contributed by atoms with Crippen molar-refractivity contribution in [2.24, 2.45) is 5.92 Å². The standard InChI is InChI=1S/C8H17FO.C7H13F.CH4/c1-7(8(2)10)5-3-4-6-9;1-2-3-4-5-6-7-8;/h7-8,10H,3-6H2,1-2H3;2-3H,4-7H2,1H3;1H4/b;3-2+;. The molecule has 0 heterocycles. The summed E-state index contributed by atoms with van der Waals surface area (Å²) in [5.41, 5.74) is 0. The lowest BCUT2D eigenvalue weighted by Gasteiger charge is -2.12. The van der Waals surface area contributed by atoms with Crippen LogP contribution in [0.2, 0.25) is 0 Å². The van der Waals surface area contributed by atoms with Gasteiger partial charge >= 0.3 is 0 Å². The first-order chi connectivity index (χ1) is 8.59. The fourth-order valence-electron chi connectivity index (χ4n) is 1.33. The molecule has 0 aliphatic carbocycles. The van der Waals surface area contributed by atoms with Gasteiger partial charge in [-0.1, -0.05) is 32.9 Å². The van der Waals surface area contributed by atoms with E-state index in [9.17, 15) is 8.78 Å². The molecule has 0 saturated heterocycles. The molecule has 2 unspecified atom stereocenters. The number of unbranched alkanes of at least 4 members (excludes halogenated alkanes) is 3. The Balaban J connectivity index is -0.000000262. The van der Waals surface area contributed by atoms with Crippen molar-refractivity contribution >= 4 is 0 Å². The third-order valence-electron chi connectivity index (χ3n) is 2.86. The Morgan fingerprint density at radius 2 is 1.53 bits per heavy atom. The van der Waals surface area contributed by atoms with Gasteiger partial charge in [-0.15, -0.1) is 0 Å². The molecule has 0 bridgehead atoms. The lowest BCUT2D eigenvalue weighted by Crippen LogP contribution is -2.12. The zero-order chi connectivity index (χ0) is 14.2. The number of hydrogen-bond donors (Lipinski definition) is 1. The average Bonchev–Trinajstić information content (AvgIpc) is 2.35. The normalized spacial score (nSPS) is 13.4. The molecule has 0 saturated carbocycles. The zero-order valence-electron chi connectivity index (χ0n) is 12.2. The molecule has 0 aliphatic rings. The summed E-state index contributed by atoms with van der Waals surface area (Å²) in [6.45, 7) is 5.35. The minimum atomic E-state index is -0.250. The number of allylic oxidation sites excluding steroid dienone is 2. The van der Waals surface area contributed by atoms with E-state index in [2.05, 4.69) is 6.08 Å². The van der Waals surface area contributed by atoms with Crippen LogP contribution in [0.4, 0.5) is 8.78 Å². The summed E-state index contributed by atoms with van der Waals surface area (Å²) in [5, 5.41) is 9.03. The molecular formula is C16H34F2O. The van der Waals surface area contributed by atoms with E-state index in [-0.39, 0.29) is 26.9 Å². The van der Waals surface area contributed by atoms with Crippen LogP contribution >= 0.6 is 0 Å². The maximum absolute atomic E-state index is 11.6. The molecule has 1 nitrogen and oxygen atoms in total. The van der Waals surface area contributed by atoms with E-state index in [1.807, 2.05) is 19.9 Å². The number of aliphatic hydroxyl groups excluding tert-OH is 1. The predicted octanol–water partition coefficient (Wildman–Crippen LogP) is 5.48. The molecule has 0 radical (unpaired) electrons. The molecule has 0 aromatic carbocycles. The Labute approximate surface area is 119 Å². The highest BCUT2D eigenvalue weighted by atomic mass is 19.1. The van der Waals surface area contributed by atoms with Gasteiger partial charge in [0, 0.05) is 0 Å². The van der Waals surface area contributed by atoms with Gasteiger partial charge in [-0.2, -0.15) is 0 Å². The van der Waals surface area contributed by atoms with Crippen LogP contribution in [-0.2, 0) is 0 Å². The Bertz CT molecular complexity index is 170. The van der Waals surface area contributed by atoms with Crippen LogP contribution in [0.3, 0.4) is 0 Å². The fraction of sp³-hybridized carbons (Fsp3) is 0.875. The minimum Gasteiger partial charge on any atom is -0.393 e. The molecule has 0 spiro atoms. The van der Waals surface area contributed by atoms with Gasteiger partial charge in [-0.3, -0.25) is 8.78 Å². The van der Waals surface area contributed by atoms with Crippen LogP contribution in [-0.4, -0.2) is 24.6 Å². The van der Waals surface area contributed by atoms with Crippen molar-refractivity contribution in [2.45, 2.75) is 72.8 Å². The van der Waals surface area contributed by atoms with E-state index in [0.29, 0.717) is 18.8 Å². The summed E-state index contributed by atoms with van der Waals surface area (Å²) in [5.74, 6) is 0.312. The summed E-state index contributed by atoms with van der Waals surface area (Å²) in [6.07, 6.45) is 9.00. The van der Waals surface area contributed by atoms with E-state index < -0.39 is 0 Å². The van der Waals surface area contributed by atoms with Gasteiger partial charge in [0.1, 0.15) is 0 Å². The Morgan fingerprint density at radius 1 is 1.00 bits per heavy atom. The Hall–Kier alpha value is -0.440. The molecule has 0 amide bonds. The molecule has 3 heteroatoms. The second-order valence-electron chi connectivity index (χ2n) is 4.66. The summed E-state index contributed by atoms with van der Waals surface area (Å²) in [7, 11) is 0.